The topological polar surface area (TPSA) is 15.3 Å². The Balaban J connectivity index is 1.68. The zero-order chi connectivity index (χ0) is 11.8. The van der Waals surface area contributed by atoms with Crippen LogP contribution in [0.1, 0.15) is 12.5 Å². The second kappa shape index (κ2) is 4.86. The molecule has 0 bridgehead atoms. The van der Waals surface area contributed by atoms with Gasteiger partial charge in [-0.2, -0.15) is 0 Å². The maximum Gasteiger partial charge on any atom is 0.0236 e. The minimum atomic E-state index is 0.731. The summed E-state index contributed by atoms with van der Waals surface area (Å²) < 4.78 is 1.32. The highest BCUT2D eigenvalue weighted by molar-refractivity contribution is 14.1. The summed E-state index contributed by atoms with van der Waals surface area (Å²) in [6.07, 6.45) is 0. The van der Waals surface area contributed by atoms with E-state index in [4.69, 9.17) is 0 Å². The van der Waals surface area contributed by atoms with Crippen molar-refractivity contribution in [2.75, 3.05) is 19.6 Å². The van der Waals surface area contributed by atoms with Crippen molar-refractivity contribution in [1.82, 2.24) is 10.2 Å². The van der Waals surface area contributed by atoms with Gasteiger partial charge in [-0.15, -0.1) is 0 Å². The van der Waals surface area contributed by atoms with Crippen LogP contribution in [-0.4, -0.2) is 30.6 Å². The number of halogens is 1. The molecule has 0 aromatic heterocycles. The third-order valence-corrected chi connectivity index (χ3v) is 5.07. The minimum absolute atomic E-state index is 0.731. The Morgan fingerprint density at radius 2 is 2.06 bits per heavy atom. The number of hydrogen-bond donors (Lipinski definition) is 1. The van der Waals surface area contributed by atoms with Crippen molar-refractivity contribution < 1.29 is 0 Å². The fourth-order valence-corrected chi connectivity index (χ4v) is 3.65. The first-order chi connectivity index (χ1) is 8.24. The van der Waals surface area contributed by atoms with Crippen LogP contribution in [0.4, 0.5) is 0 Å². The van der Waals surface area contributed by atoms with Crippen LogP contribution >= 0.6 is 22.6 Å². The van der Waals surface area contributed by atoms with Crippen LogP contribution in [0.5, 0.6) is 0 Å². The predicted molar refractivity (Wildman–Crippen MR) is 78.9 cm³/mol. The summed E-state index contributed by atoms with van der Waals surface area (Å²) in [5.41, 5.74) is 1.45. The molecule has 2 nitrogen and oxygen atoms in total. The first kappa shape index (κ1) is 11.9. The van der Waals surface area contributed by atoms with Crippen molar-refractivity contribution in [2.45, 2.75) is 19.5 Å². The molecule has 0 saturated carbocycles. The Labute approximate surface area is 117 Å². The largest absolute Gasteiger partial charge is 0.316 e. The number of hydrogen-bond acceptors (Lipinski definition) is 2. The third-order valence-electron chi connectivity index (χ3n) is 4.36. The molecule has 2 fully saturated rings. The molecule has 2 heterocycles. The van der Waals surface area contributed by atoms with Gasteiger partial charge in [0.25, 0.3) is 0 Å². The maximum absolute atomic E-state index is 3.52. The number of fused-ring (bicyclic) bond motifs is 1. The van der Waals surface area contributed by atoms with Gasteiger partial charge in [-0.25, -0.2) is 0 Å². The Kier molecular flexibility index (Phi) is 3.41. The van der Waals surface area contributed by atoms with Gasteiger partial charge in [0.15, 0.2) is 0 Å². The molecule has 2 saturated heterocycles. The van der Waals surface area contributed by atoms with Crippen molar-refractivity contribution in [3.8, 4) is 0 Å². The van der Waals surface area contributed by atoms with E-state index in [2.05, 4.69) is 64.0 Å². The molecule has 0 spiro atoms. The van der Waals surface area contributed by atoms with E-state index in [9.17, 15) is 0 Å². The summed E-state index contributed by atoms with van der Waals surface area (Å²) in [5, 5.41) is 3.52. The number of nitrogens with zero attached hydrogens (tertiary/aromatic N) is 1. The second-order valence-corrected chi connectivity index (χ2v) is 6.62. The maximum atomic E-state index is 3.52. The molecule has 1 N–H and O–H groups in total. The summed E-state index contributed by atoms with van der Waals surface area (Å²) in [7, 11) is 0. The molecule has 2 aliphatic heterocycles. The molecule has 17 heavy (non-hydrogen) atoms. The van der Waals surface area contributed by atoms with Crippen LogP contribution in [0, 0.1) is 15.4 Å². The third kappa shape index (κ3) is 2.37. The summed E-state index contributed by atoms with van der Waals surface area (Å²) in [4.78, 5) is 2.65. The first-order valence-corrected chi connectivity index (χ1v) is 7.51. The smallest absolute Gasteiger partial charge is 0.0236 e. The van der Waals surface area contributed by atoms with Crippen molar-refractivity contribution in [3.05, 3.63) is 33.4 Å². The Morgan fingerprint density at radius 1 is 1.29 bits per heavy atom. The average molecular weight is 342 g/mol. The monoisotopic (exact) mass is 342 g/mol. The van der Waals surface area contributed by atoms with Crippen molar-refractivity contribution >= 4 is 22.6 Å². The SMILES string of the molecule is CC1C2CNCC2CN1Cc1ccc(I)cc1. The van der Waals surface area contributed by atoms with Crippen LogP contribution in [0.3, 0.4) is 0 Å². The zero-order valence-corrected chi connectivity index (χ0v) is 12.4. The first-order valence-electron chi connectivity index (χ1n) is 6.43. The second-order valence-electron chi connectivity index (χ2n) is 5.38. The molecule has 1 aromatic carbocycles. The lowest BCUT2D eigenvalue weighted by Crippen LogP contribution is -2.32. The standard InChI is InChI=1S/C14H19IN2/c1-10-14-7-16-6-12(14)9-17(10)8-11-2-4-13(15)5-3-11/h2-5,10,12,14,16H,6-9H2,1H3. The van der Waals surface area contributed by atoms with E-state index >= 15 is 0 Å². The molecule has 1 aromatic rings. The number of likely N-dealkylation sites (tertiary alicyclic amines) is 1. The molecule has 92 valence electrons. The van der Waals surface area contributed by atoms with Crippen molar-refractivity contribution in [3.63, 3.8) is 0 Å². The number of benzene rings is 1. The van der Waals surface area contributed by atoms with Crippen LogP contribution in [0.25, 0.3) is 0 Å². The van der Waals surface area contributed by atoms with Crippen LogP contribution in [0.15, 0.2) is 24.3 Å². The Hall–Kier alpha value is -0.130. The van der Waals surface area contributed by atoms with E-state index in [1.807, 2.05) is 0 Å². The highest BCUT2D eigenvalue weighted by Crippen LogP contribution is 2.33. The quantitative estimate of drug-likeness (QED) is 0.830. The molecule has 0 radical (unpaired) electrons. The van der Waals surface area contributed by atoms with E-state index in [0.717, 1.165) is 24.4 Å². The number of nitrogens with one attached hydrogen (secondary N) is 1. The lowest BCUT2D eigenvalue weighted by Gasteiger charge is -2.24. The van der Waals surface area contributed by atoms with Gasteiger partial charge in [0.2, 0.25) is 0 Å². The van der Waals surface area contributed by atoms with E-state index < -0.39 is 0 Å². The molecule has 2 aliphatic rings. The van der Waals surface area contributed by atoms with Crippen LogP contribution < -0.4 is 5.32 Å². The van der Waals surface area contributed by atoms with Gasteiger partial charge < -0.3 is 5.32 Å². The van der Waals surface area contributed by atoms with Crippen LogP contribution in [-0.2, 0) is 6.54 Å². The average Bonchev–Trinajstić information content (AvgIpc) is 2.87. The molecule has 3 unspecified atom stereocenters. The predicted octanol–water partition coefficient (Wildman–Crippen LogP) is 2.33. The molecule has 0 amide bonds. The van der Waals surface area contributed by atoms with Gasteiger partial charge in [-0.3, -0.25) is 4.90 Å². The molecule has 3 atom stereocenters. The normalized spacial score (nSPS) is 32.9. The highest BCUT2D eigenvalue weighted by Gasteiger charge is 2.41. The molecular formula is C14H19IN2. The summed E-state index contributed by atoms with van der Waals surface area (Å²) >= 11 is 2.36. The zero-order valence-electron chi connectivity index (χ0n) is 10.2. The van der Waals surface area contributed by atoms with E-state index in [-0.39, 0.29) is 0 Å². The van der Waals surface area contributed by atoms with Gasteiger partial charge in [-0.1, -0.05) is 12.1 Å². The lowest BCUT2D eigenvalue weighted by molar-refractivity contribution is 0.231. The number of rotatable bonds is 2. The van der Waals surface area contributed by atoms with Crippen molar-refractivity contribution in [2.24, 2.45) is 11.8 Å². The van der Waals surface area contributed by atoms with Crippen molar-refractivity contribution in [1.29, 1.82) is 0 Å². The van der Waals surface area contributed by atoms with E-state index in [1.54, 1.807) is 0 Å². The summed E-state index contributed by atoms with van der Waals surface area (Å²) in [6.45, 7) is 7.22. The molecule has 3 rings (SSSR count). The lowest BCUT2D eigenvalue weighted by atomic mass is 9.95. The minimum Gasteiger partial charge on any atom is -0.316 e. The van der Waals surface area contributed by atoms with Gasteiger partial charge in [-0.05, 0) is 72.1 Å². The van der Waals surface area contributed by atoms with Crippen LogP contribution in [0.2, 0.25) is 0 Å². The van der Waals surface area contributed by atoms with Gasteiger partial charge in [0.1, 0.15) is 0 Å². The highest BCUT2D eigenvalue weighted by atomic mass is 127. The fourth-order valence-electron chi connectivity index (χ4n) is 3.29. The summed E-state index contributed by atoms with van der Waals surface area (Å²) in [6, 6.07) is 9.67. The fraction of sp³-hybridized carbons (Fsp3) is 0.571. The Morgan fingerprint density at radius 3 is 2.76 bits per heavy atom. The molecule has 3 heteroatoms. The molecule has 0 aliphatic carbocycles. The van der Waals surface area contributed by atoms with Gasteiger partial charge in [0.05, 0.1) is 0 Å². The van der Waals surface area contributed by atoms with Gasteiger partial charge in [0, 0.05) is 22.7 Å². The van der Waals surface area contributed by atoms with E-state index in [1.165, 1.54) is 28.8 Å². The van der Waals surface area contributed by atoms with Gasteiger partial charge >= 0.3 is 0 Å². The molecular weight excluding hydrogens is 323 g/mol. The summed E-state index contributed by atoms with van der Waals surface area (Å²) in [5.74, 6) is 1.76. The van der Waals surface area contributed by atoms with E-state index in [0.29, 0.717) is 0 Å². The Bertz CT molecular complexity index is 390.